The van der Waals surface area contributed by atoms with E-state index in [-0.39, 0.29) is 0 Å². The van der Waals surface area contributed by atoms with Gasteiger partial charge in [-0.3, -0.25) is 0 Å². The van der Waals surface area contributed by atoms with Crippen molar-refractivity contribution in [2.24, 2.45) is 4.99 Å². The molecule has 1 N–H and O–H groups in total. The monoisotopic (exact) mass is 305 g/mol. The Morgan fingerprint density at radius 2 is 2.46 bits per heavy atom. The van der Waals surface area contributed by atoms with E-state index in [1.165, 1.54) is 17.6 Å². The molecule has 1 aromatic rings. The lowest BCUT2D eigenvalue weighted by molar-refractivity contribution is 1.32. The summed E-state index contributed by atoms with van der Waals surface area (Å²) < 4.78 is 1.67. The molecule has 0 unspecified atom stereocenters. The summed E-state index contributed by atoms with van der Waals surface area (Å²) >= 11 is 3.49. The van der Waals surface area contributed by atoms with E-state index in [2.05, 4.69) is 16.6 Å². The second-order valence-corrected chi connectivity index (χ2v) is 3.90. The van der Waals surface area contributed by atoms with Gasteiger partial charge in [0.25, 0.3) is 0 Å². The molecule has 0 spiro atoms. The van der Waals surface area contributed by atoms with Gasteiger partial charge in [0, 0.05) is 6.21 Å². The molecule has 0 radical (unpaired) electrons. The highest BCUT2D eigenvalue weighted by molar-refractivity contribution is 14.1. The van der Waals surface area contributed by atoms with E-state index in [0.29, 0.717) is 5.69 Å². The van der Waals surface area contributed by atoms with E-state index < -0.39 is 0 Å². The summed E-state index contributed by atoms with van der Waals surface area (Å²) in [5.74, 6) is 0. The Hall–Kier alpha value is -0.560. The molecule has 0 fully saturated rings. The van der Waals surface area contributed by atoms with Crippen LogP contribution >= 0.6 is 33.9 Å². The van der Waals surface area contributed by atoms with Crippen LogP contribution in [0.15, 0.2) is 11.6 Å². The Labute approximate surface area is 94.3 Å². The van der Waals surface area contributed by atoms with Gasteiger partial charge in [-0.15, -0.1) is 0 Å². The van der Waals surface area contributed by atoms with Crippen LogP contribution in [0.3, 0.4) is 0 Å². The first-order valence-electron chi connectivity index (χ1n) is 3.49. The first-order chi connectivity index (χ1) is 6.19. The minimum Gasteiger partial charge on any atom is -0.306 e. The third kappa shape index (κ3) is 2.44. The number of hydrogen-bond donors (Lipinski definition) is 1. The zero-order valence-corrected chi connectivity index (χ0v) is 10.0. The van der Waals surface area contributed by atoms with Crippen molar-refractivity contribution in [2.75, 3.05) is 0 Å². The fraction of sp³-hybridized carbons (Fsp3) is 0.125. The average molecular weight is 305 g/mol. The molecular weight excluding hydrogens is 297 g/mol. The average Bonchev–Trinajstić information content (AvgIpc) is 2.48. The second kappa shape index (κ2) is 4.61. The molecule has 0 bridgehead atoms. The molecule has 0 aliphatic carbocycles. The van der Waals surface area contributed by atoms with Gasteiger partial charge in [-0.25, -0.2) is 9.98 Å². The molecule has 5 heteroatoms. The third-order valence-corrected chi connectivity index (χ3v) is 2.72. The van der Waals surface area contributed by atoms with Crippen molar-refractivity contribution in [3.05, 3.63) is 17.3 Å². The van der Waals surface area contributed by atoms with Gasteiger partial charge in [-0.05, 0) is 35.1 Å². The number of hydrogen-bond acceptors (Lipinski definition) is 4. The van der Waals surface area contributed by atoms with Crippen molar-refractivity contribution in [3.8, 4) is 0 Å². The summed E-state index contributed by atoms with van der Waals surface area (Å²) in [6.45, 7) is 5.69. The Morgan fingerprint density at radius 3 is 2.92 bits per heavy atom. The highest BCUT2D eigenvalue weighted by atomic mass is 127. The van der Waals surface area contributed by atoms with Crippen molar-refractivity contribution in [1.82, 2.24) is 4.98 Å². The molecule has 0 aliphatic rings. The van der Waals surface area contributed by atoms with Crippen molar-refractivity contribution in [2.45, 2.75) is 6.92 Å². The van der Waals surface area contributed by atoms with Crippen molar-refractivity contribution < 1.29 is 0 Å². The number of thiazole rings is 1. The van der Waals surface area contributed by atoms with Crippen LogP contribution in [0.4, 0.5) is 5.00 Å². The molecule has 0 saturated carbocycles. The predicted octanol–water partition coefficient (Wildman–Crippen LogP) is 3.27. The SMILES string of the molecule is C=C(C)c1nc(C=N)c(N=CI)s1. The molecule has 68 valence electrons. The van der Waals surface area contributed by atoms with E-state index in [4.69, 9.17) is 5.41 Å². The highest BCUT2D eigenvalue weighted by Gasteiger charge is 2.07. The number of nitrogens with one attached hydrogen (secondary N) is 1. The normalized spacial score (nSPS) is 10.6. The summed E-state index contributed by atoms with van der Waals surface area (Å²) in [5.41, 5.74) is 1.51. The molecular formula is C8H8IN3S. The van der Waals surface area contributed by atoms with Crippen LogP contribution in [0.25, 0.3) is 5.57 Å². The number of aliphatic imine (C=N–C) groups is 1. The minimum absolute atomic E-state index is 0.607. The first kappa shape index (κ1) is 10.5. The summed E-state index contributed by atoms with van der Waals surface area (Å²) in [7, 11) is 0. The van der Waals surface area contributed by atoms with E-state index in [0.717, 1.165) is 15.6 Å². The van der Waals surface area contributed by atoms with E-state index >= 15 is 0 Å². The predicted molar refractivity (Wildman–Crippen MR) is 66.9 cm³/mol. The lowest BCUT2D eigenvalue weighted by Gasteiger charge is -1.85. The molecule has 1 aromatic heterocycles. The van der Waals surface area contributed by atoms with Crippen LogP contribution < -0.4 is 0 Å². The fourth-order valence-corrected chi connectivity index (χ4v) is 2.02. The molecule has 0 atom stereocenters. The summed E-state index contributed by atoms with van der Waals surface area (Å²) in [6, 6.07) is 0. The van der Waals surface area contributed by atoms with Gasteiger partial charge in [0.2, 0.25) is 0 Å². The van der Waals surface area contributed by atoms with Gasteiger partial charge < -0.3 is 5.41 Å². The molecule has 0 aromatic carbocycles. The van der Waals surface area contributed by atoms with Gasteiger partial charge in [-0.1, -0.05) is 17.9 Å². The van der Waals surface area contributed by atoms with Crippen LogP contribution in [0.5, 0.6) is 0 Å². The number of allylic oxidation sites excluding steroid dienone is 1. The number of aromatic nitrogens is 1. The van der Waals surface area contributed by atoms with Crippen LogP contribution in [-0.2, 0) is 0 Å². The van der Waals surface area contributed by atoms with Gasteiger partial charge in [-0.2, -0.15) is 0 Å². The lowest BCUT2D eigenvalue weighted by Crippen LogP contribution is -1.80. The van der Waals surface area contributed by atoms with Crippen molar-refractivity contribution >= 4 is 54.9 Å². The first-order valence-corrected chi connectivity index (χ1v) is 5.55. The minimum atomic E-state index is 0.607. The maximum atomic E-state index is 7.13. The third-order valence-electron chi connectivity index (χ3n) is 1.30. The molecule has 0 aliphatic heterocycles. The van der Waals surface area contributed by atoms with Crippen LogP contribution in [-0.4, -0.2) is 15.4 Å². The highest BCUT2D eigenvalue weighted by Crippen LogP contribution is 2.29. The quantitative estimate of drug-likeness (QED) is 0.676. The zero-order chi connectivity index (χ0) is 9.84. The molecule has 13 heavy (non-hydrogen) atoms. The lowest BCUT2D eigenvalue weighted by atomic mass is 10.4. The van der Waals surface area contributed by atoms with E-state index in [9.17, 15) is 0 Å². The summed E-state index contributed by atoms with van der Waals surface area (Å²) in [6.07, 6.45) is 1.21. The molecule has 1 rings (SSSR count). The molecule has 1 heterocycles. The van der Waals surface area contributed by atoms with Crippen LogP contribution in [0.2, 0.25) is 0 Å². The van der Waals surface area contributed by atoms with Gasteiger partial charge in [0.05, 0.1) is 4.22 Å². The molecule has 3 nitrogen and oxygen atoms in total. The van der Waals surface area contributed by atoms with Gasteiger partial charge >= 0.3 is 0 Å². The summed E-state index contributed by atoms with van der Waals surface area (Å²) in [4.78, 5) is 8.31. The van der Waals surface area contributed by atoms with Gasteiger partial charge in [0.15, 0.2) is 0 Å². The maximum absolute atomic E-state index is 7.13. The largest absolute Gasteiger partial charge is 0.306 e. The Kier molecular flexibility index (Phi) is 3.73. The van der Waals surface area contributed by atoms with Gasteiger partial charge in [0.1, 0.15) is 15.7 Å². The van der Waals surface area contributed by atoms with E-state index in [1.807, 2.05) is 29.5 Å². The van der Waals surface area contributed by atoms with E-state index in [1.54, 1.807) is 4.22 Å². The Bertz CT molecular complexity index is 367. The molecule has 0 amide bonds. The van der Waals surface area contributed by atoms with Crippen LogP contribution in [0, 0.1) is 5.41 Å². The smallest absolute Gasteiger partial charge is 0.145 e. The molecule has 0 saturated heterocycles. The number of rotatable bonds is 3. The summed E-state index contributed by atoms with van der Waals surface area (Å²) in [5, 5.41) is 8.74. The van der Waals surface area contributed by atoms with Crippen LogP contribution in [0.1, 0.15) is 17.6 Å². The maximum Gasteiger partial charge on any atom is 0.145 e. The topological polar surface area (TPSA) is 49.1 Å². The standard InChI is InChI=1S/C8H8IN3S/c1-5(2)7-12-6(3-10)8(13-7)11-4-9/h3-4,10H,1H2,2H3. The Balaban J connectivity index is 3.18. The number of nitrogens with zero attached hydrogens (tertiary/aromatic N) is 2. The second-order valence-electron chi connectivity index (χ2n) is 2.36. The number of halogens is 1. The van der Waals surface area contributed by atoms with Crippen molar-refractivity contribution in [3.63, 3.8) is 0 Å². The Morgan fingerprint density at radius 1 is 1.77 bits per heavy atom. The zero-order valence-electron chi connectivity index (χ0n) is 7.04. The fourth-order valence-electron chi connectivity index (χ4n) is 0.737. The van der Waals surface area contributed by atoms with Crippen molar-refractivity contribution in [1.29, 1.82) is 5.41 Å².